The summed E-state index contributed by atoms with van der Waals surface area (Å²) in [6, 6.07) is 6.66. The van der Waals surface area contributed by atoms with Crippen LogP contribution in [-0.4, -0.2) is 68.7 Å². The molecule has 2 aliphatic heterocycles. The number of fused-ring (bicyclic) bond motifs is 1. The van der Waals surface area contributed by atoms with Crippen LogP contribution < -0.4 is 14.8 Å². The van der Waals surface area contributed by atoms with Crippen molar-refractivity contribution in [2.24, 2.45) is 11.8 Å². The third-order valence-corrected chi connectivity index (χ3v) is 7.31. The van der Waals surface area contributed by atoms with E-state index in [0.717, 1.165) is 63.6 Å². The standard InChI is InChI=1S/C24H37N3O3/c1-29-22-10-9-18(16-23(22)30-2)17-27-14-12-26(13-15-27)11-5-7-20-19-6-3-4-8-21(19)25-24(20)28/h9-10,16,19-21H,3-8,11-15,17H2,1-2H3,(H,25,28). The highest BCUT2D eigenvalue weighted by Gasteiger charge is 2.42. The predicted octanol–water partition coefficient (Wildman–Crippen LogP) is 2.91. The van der Waals surface area contributed by atoms with Gasteiger partial charge in [0, 0.05) is 44.7 Å². The van der Waals surface area contributed by atoms with Crippen LogP contribution in [0.1, 0.15) is 44.1 Å². The SMILES string of the molecule is COc1ccc(CN2CCN(CCCC3C(=O)NC4CCCCC43)CC2)cc1OC. The zero-order chi connectivity index (χ0) is 20.9. The first-order chi connectivity index (χ1) is 14.7. The zero-order valence-electron chi connectivity index (χ0n) is 18.6. The van der Waals surface area contributed by atoms with Crippen molar-refractivity contribution < 1.29 is 14.3 Å². The molecule has 3 aliphatic rings. The van der Waals surface area contributed by atoms with Crippen LogP contribution >= 0.6 is 0 Å². The average molecular weight is 416 g/mol. The van der Waals surface area contributed by atoms with Crippen LogP contribution in [-0.2, 0) is 11.3 Å². The molecule has 0 radical (unpaired) electrons. The van der Waals surface area contributed by atoms with Crippen molar-refractivity contribution in [1.29, 1.82) is 0 Å². The number of benzene rings is 1. The summed E-state index contributed by atoms with van der Waals surface area (Å²) in [5.74, 6) is 2.77. The molecule has 3 atom stereocenters. The van der Waals surface area contributed by atoms with Gasteiger partial charge >= 0.3 is 0 Å². The maximum absolute atomic E-state index is 12.4. The minimum absolute atomic E-state index is 0.265. The number of methoxy groups -OCH3 is 2. The first-order valence-electron chi connectivity index (χ1n) is 11.6. The summed E-state index contributed by atoms with van der Waals surface area (Å²) in [6.45, 7) is 6.45. The van der Waals surface area contributed by atoms with Gasteiger partial charge in [-0.1, -0.05) is 18.9 Å². The lowest BCUT2D eigenvalue weighted by Crippen LogP contribution is -2.46. The van der Waals surface area contributed by atoms with Crippen LogP contribution in [0.2, 0.25) is 0 Å². The van der Waals surface area contributed by atoms with Gasteiger partial charge in [0.15, 0.2) is 11.5 Å². The highest BCUT2D eigenvalue weighted by Crippen LogP contribution is 2.37. The number of hydrogen-bond acceptors (Lipinski definition) is 5. The van der Waals surface area contributed by atoms with E-state index in [2.05, 4.69) is 27.2 Å². The number of rotatable bonds is 8. The Bertz CT molecular complexity index is 718. The third kappa shape index (κ3) is 4.92. The Morgan fingerprint density at radius 3 is 2.50 bits per heavy atom. The Morgan fingerprint density at radius 1 is 1.00 bits per heavy atom. The number of carbonyl (C=O) groups excluding carboxylic acids is 1. The second kappa shape index (κ2) is 10.0. The number of hydrogen-bond donors (Lipinski definition) is 1. The van der Waals surface area contributed by atoms with Crippen molar-refractivity contribution >= 4 is 5.91 Å². The number of carbonyl (C=O) groups is 1. The Morgan fingerprint density at radius 2 is 1.73 bits per heavy atom. The summed E-state index contributed by atoms with van der Waals surface area (Å²) in [7, 11) is 3.35. The van der Waals surface area contributed by atoms with Gasteiger partial charge in [0.2, 0.25) is 5.91 Å². The molecule has 1 amide bonds. The van der Waals surface area contributed by atoms with E-state index >= 15 is 0 Å². The van der Waals surface area contributed by atoms with Gasteiger partial charge in [-0.2, -0.15) is 0 Å². The lowest BCUT2D eigenvalue weighted by Gasteiger charge is -2.35. The van der Waals surface area contributed by atoms with Crippen molar-refractivity contribution in [2.45, 2.75) is 51.1 Å². The van der Waals surface area contributed by atoms with Crippen molar-refractivity contribution in [2.75, 3.05) is 46.9 Å². The highest BCUT2D eigenvalue weighted by atomic mass is 16.5. The van der Waals surface area contributed by atoms with Crippen LogP contribution in [0, 0.1) is 11.8 Å². The van der Waals surface area contributed by atoms with Crippen LogP contribution in [0.25, 0.3) is 0 Å². The molecular formula is C24H37N3O3. The Labute approximate surface area is 180 Å². The summed E-state index contributed by atoms with van der Waals surface area (Å²) >= 11 is 0. The van der Waals surface area contributed by atoms with Crippen molar-refractivity contribution in [3.8, 4) is 11.5 Å². The molecule has 3 unspecified atom stereocenters. The zero-order valence-corrected chi connectivity index (χ0v) is 18.6. The first-order valence-corrected chi connectivity index (χ1v) is 11.6. The molecule has 30 heavy (non-hydrogen) atoms. The molecule has 0 aromatic heterocycles. The Hall–Kier alpha value is -1.79. The number of amides is 1. The van der Waals surface area contributed by atoms with E-state index in [0.29, 0.717) is 17.9 Å². The van der Waals surface area contributed by atoms with E-state index in [1.165, 1.54) is 31.2 Å². The Kier molecular flexibility index (Phi) is 7.16. The lowest BCUT2D eigenvalue weighted by molar-refractivity contribution is -0.123. The van der Waals surface area contributed by atoms with Crippen LogP contribution in [0.3, 0.4) is 0 Å². The van der Waals surface area contributed by atoms with E-state index in [1.54, 1.807) is 14.2 Å². The minimum atomic E-state index is 0.265. The molecule has 1 N–H and O–H groups in total. The molecule has 1 saturated carbocycles. The van der Waals surface area contributed by atoms with E-state index in [9.17, 15) is 4.79 Å². The van der Waals surface area contributed by atoms with E-state index in [4.69, 9.17) is 9.47 Å². The summed E-state index contributed by atoms with van der Waals surface area (Å²) in [5.41, 5.74) is 1.26. The molecular weight excluding hydrogens is 378 g/mol. The van der Waals surface area contributed by atoms with E-state index < -0.39 is 0 Å². The maximum Gasteiger partial charge on any atom is 0.223 e. The number of nitrogens with one attached hydrogen (secondary N) is 1. The van der Waals surface area contributed by atoms with E-state index in [1.807, 2.05) is 6.07 Å². The van der Waals surface area contributed by atoms with Gasteiger partial charge in [-0.3, -0.25) is 9.69 Å². The molecule has 1 aromatic carbocycles. The summed E-state index contributed by atoms with van der Waals surface area (Å²) in [5, 5.41) is 3.26. The number of nitrogens with zero attached hydrogens (tertiary/aromatic N) is 2. The highest BCUT2D eigenvalue weighted by molar-refractivity contribution is 5.81. The Balaban J connectivity index is 1.18. The molecule has 166 valence electrons. The second-order valence-electron chi connectivity index (χ2n) is 9.12. The van der Waals surface area contributed by atoms with Gasteiger partial charge in [-0.15, -0.1) is 0 Å². The van der Waals surface area contributed by atoms with Crippen molar-refractivity contribution in [3.63, 3.8) is 0 Å². The fourth-order valence-electron chi connectivity index (χ4n) is 5.59. The summed E-state index contributed by atoms with van der Waals surface area (Å²) in [4.78, 5) is 17.5. The molecule has 6 heteroatoms. The van der Waals surface area contributed by atoms with Crippen molar-refractivity contribution in [3.05, 3.63) is 23.8 Å². The van der Waals surface area contributed by atoms with Crippen LogP contribution in [0.4, 0.5) is 0 Å². The van der Waals surface area contributed by atoms with Crippen LogP contribution in [0.5, 0.6) is 11.5 Å². The van der Waals surface area contributed by atoms with Crippen molar-refractivity contribution in [1.82, 2.24) is 15.1 Å². The fourth-order valence-corrected chi connectivity index (χ4v) is 5.59. The molecule has 0 bridgehead atoms. The topological polar surface area (TPSA) is 54.0 Å². The smallest absolute Gasteiger partial charge is 0.223 e. The third-order valence-electron chi connectivity index (χ3n) is 7.31. The number of piperazine rings is 1. The summed E-state index contributed by atoms with van der Waals surface area (Å²) in [6.07, 6.45) is 7.20. The first kappa shape index (κ1) is 21.4. The van der Waals surface area contributed by atoms with Crippen LogP contribution in [0.15, 0.2) is 18.2 Å². The second-order valence-corrected chi connectivity index (χ2v) is 9.12. The predicted molar refractivity (Wildman–Crippen MR) is 118 cm³/mol. The molecule has 0 spiro atoms. The van der Waals surface area contributed by atoms with Gasteiger partial charge in [0.25, 0.3) is 0 Å². The fraction of sp³-hybridized carbons (Fsp3) is 0.708. The molecule has 1 aromatic rings. The minimum Gasteiger partial charge on any atom is -0.493 e. The summed E-state index contributed by atoms with van der Waals surface area (Å²) < 4.78 is 10.8. The molecule has 3 fully saturated rings. The molecule has 2 heterocycles. The molecule has 1 aliphatic carbocycles. The quantitative estimate of drug-likeness (QED) is 0.708. The normalized spacial score (nSPS) is 27.5. The monoisotopic (exact) mass is 415 g/mol. The number of ether oxygens (including phenoxy) is 2. The largest absolute Gasteiger partial charge is 0.493 e. The maximum atomic E-state index is 12.4. The van der Waals surface area contributed by atoms with Gasteiger partial charge in [0.05, 0.1) is 14.2 Å². The molecule has 2 saturated heterocycles. The lowest BCUT2D eigenvalue weighted by atomic mass is 9.78. The molecule has 6 nitrogen and oxygen atoms in total. The van der Waals surface area contributed by atoms with Gasteiger partial charge in [0.1, 0.15) is 0 Å². The van der Waals surface area contributed by atoms with Gasteiger partial charge in [-0.25, -0.2) is 0 Å². The van der Waals surface area contributed by atoms with Gasteiger partial charge < -0.3 is 19.7 Å². The van der Waals surface area contributed by atoms with E-state index in [-0.39, 0.29) is 5.92 Å². The van der Waals surface area contributed by atoms with Gasteiger partial charge in [-0.05, 0) is 55.8 Å². The average Bonchev–Trinajstić information content (AvgIpc) is 3.10. The molecule has 4 rings (SSSR count).